The quantitative estimate of drug-likeness (QED) is 0.191. The first-order valence-electron chi connectivity index (χ1n) is 15.6. The third kappa shape index (κ3) is 3.73. The van der Waals surface area contributed by atoms with Crippen molar-refractivity contribution >= 4 is 60.2 Å². The molecule has 0 saturated carbocycles. The summed E-state index contributed by atoms with van der Waals surface area (Å²) >= 11 is 8.62. The average molecular weight is 618 g/mol. The Balaban J connectivity index is 1.28. The van der Waals surface area contributed by atoms with Gasteiger partial charge in [-0.25, -0.2) is 0 Å². The largest absolute Gasteiger partial charge is 0.310 e. The molecule has 1 aromatic heterocycles. The molecule has 0 bridgehead atoms. The van der Waals surface area contributed by atoms with E-state index in [1.165, 1.54) is 59.3 Å². The van der Waals surface area contributed by atoms with E-state index < -0.39 is 0 Å². The monoisotopic (exact) mass is 617 g/mol. The molecule has 218 valence electrons. The van der Waals surface area contributed by atoms with Gasteiger partial charge in [0.1, 0.15) is 0 Å². The minimum Gasteiger partial charge on any atom is -0.310 e. The van der Waals surface area contributed by atoms with Gasteiger partial charge in [0.05, 0.1) is 0 Å². The van der Waals surface area contributed by atoms with E-state index in [2.05, 4.69) is 142 Å². The highest BCUT2D eigenvalue weighted by Crippen LogP contribution is 2.53. The van der Waals surface area contributed by atoms with E-state index in [1.807, 2.05) is 12.1 Å². The number of fused-ring (bicyclic) bond motifs is 9. The fourth-order valence-electron chi connectivity index (χ4n) is 8.02. The molecule has 0 atom stereocenters. The van der Waals surface area contributed by atoms with Crippen LogP contribution in [0.3, 0.4) is 0 Å². The molecule has 2 aliphatic rings. The Morgan fingerprint density at radius 2 is 1.00 bits per heavy atom. The molecule has 0 unspecified atom stereocenters. The molecule has 1 nitrogen and oxygen atoms in total. The van der Waals surface area contributed by atoms with E-state index in [4.69, 9.17) is 11.6 Å². The van der Waals surface area contributed by atoms with Crippen molar-refractivity contribution in [2.75, 3.05) is 4.90 Å². The first kappa shape index (κ1) is 27.0. The molecule has 0 spiro atoms. The van der Waals surface area contributed by atoms with Crippen LogP contribution in [0.5, 0.6) is 0 Å². The van der Waals surface area contributed by atoms with Crippen LogP contribution in [0.15, 0.2) is 121 Å². The topological polar surface area (TPSA) is 3.24 Å². The van der Waals surface area contributed by atoms with Crippen molar-refractivity contribution in [1.29, 1.82) is 0 Å². The summed E-state index contributed by atoms with van der Waals surface area (Å²) in [4.78, 5) is 2.44. The molecule has 2 aliphatic carbocycles. The van der Waals surface area contributed by atoms with Gasteiger partial charge >= 0.3 is 0 Å². The fourth-order valence-corrected chi connectivity index (χ4v) is 9.47. The van der Waals surface area contributed by atoms with Crippen LogP contribution in [0.4, 0.5) is 17.1 Å². The molecule has 0 amide bonds. The zero-order valence-electron chi connectivity index (χ0n) is 25.8. The number of rotatable bonds is 3. The van der Waals surface area contributed by atoms with Crippen molar-refractivity contribution in [2.24, 2.45) is 0 Å². The molecule has 0 N–H and O–H groups in total. The highest BCUT2D eigenvalue weighted by atomic mass is 35.5. The van der Waals surface area contributed by atoms with Crippen LogP contribution in [-0.2, 0) is 10.8 Å². The Kier molecular flexibility index (Phi) is 5.59. The number of hydrogen-bond donors (Lipinski definition) is 0. The predicted molar refractivity (Wildman–Crippen MR) is 194 cm³/mol. The Hall–Kier alpha value is -4.37. The first-order chi connectivity index (χ1) is 21.7. The van der Waals surface area contributed by atoms with Gasteiger partial charge in [0, 0.05) is 53.1 Å². The lowest BCUT2D eigenvalue weighted by atomic mass is 9.82. The number of benzene rings is 6. The number of nitrogens with zero attached hydrogens (tertiary/aromatic N) is 1. The summed E-state index contributed by atoms with van der Waals surface area (Å²) in [5.74, 6) is 0. The predicted octanol–water partition coefficient (Wildman–Crippen LogP) is 12.8. The summed E-state index contributed by atoms with van der Waals surface area (Å²) in [6.07, 6.45) is 0. The van der Waals surface area contributed by atoms with E-state index in [9.17, 15) is 0 Å². The third-order valence-electron chi connectivity index (χ3n) is 10.3. The molecule has 0 aliphatic heterocycles. The number of hydrogen-bond acceptors (Lipinski definition) is 2. The van der Waals surface area contributed by atoms with Gasteiger partial charge in [-0.3, -0.25) is 0 Å². The van der Waals surface area contributed by atoms with Crippen LogP contribution < -0.4 is 4.90 Å². The second kappa shape index (κ2) is 9.33. The first-order valence-corrected chi connectivity index (χ1v) is 16.8. The maximum absolute atomic E-state index is 6.82. The molecule has 1 heterocycles. The highest BCUT2D eigenvalue weighted by molar-refractivity contribution is 7.26. The van der Waals surface area contributed by atoms with Crippen molar-refractivity contribution in [2.45, 2.75) is 38.5 Å². The van der Waals surface area contributed by atoms with Gasteiger partial charge in [-0.05, 0) is 99.1 Å². The average Bonchev–Trinajstić information content (AvgIpc) is 3.62. The minimum atomic E-state index is -0.0871. The molecular weight excluding hydrogens is 586 g/mol. The molecule has 3 heteroatoms. The van der Waals surface area contributed by atoms with E-state index in [0.717, 1.165) is 27.5 Å². The lowest BCUT2D eigenvalue weighted by Crippen LogP contribution is -2.18. The van der Waals surface area contributed by atoms with Crippen molar-refractivity contribution in [1.82, 2.24) is 0 Å². The van der Waals surface area contributed by atoms with Crippen molar-refractivity contribution < 1.29 is 0 Å². The van der Waals surface area contributed by atoms with Gasteiger partial charge in [-0.2, -0.15) is 0 Å². The summed E-state index contributed by atoms with van der Waals surface area (Å²) < 4.78 is 2.47. The van der Waals surface area contributed by atoms with Gasteiger partial charge in [0.2, 0.25) is 0 Å². The fraction of sp³-hybridized carbons (Fsp3) is 0.143. The molecule has 9 rings (SSSR count). The normalized spacial score (nSPS) is 15.1. The summed E-state index contributed by atoms with van der Waals surface area (Å²) in [5, 5.41) is 3.14. The van der Waals surface area contributed by atoms with Crippen LogP contribution in [-0.4, -0.2) is 0 Å². The van der Waals surface area contributed by atoms with Gasteiger partial charge in [0.25, 0.3) is 0 Å². The SMILES string of the molecule is CC1(C)c2ccccc2-c2ccc(N(c3ccc4c(c3)C(C)(C)c3ccccc3-4)c3ccc4sc5cccc(Cl)c5c4c3)cc21. The summed E-state index contributed by atoms with van der Waals surface area (Å²) in [6, 6.07) is 44.9. The lowest BCUT2D eigenvalue weighted by Gasteiger charge is -2.30. The second-order valence-corrected chi connectivity index (χ2v) is 15.0. The van der Waals surface area contributed by atoms with E-state index >= 15 is 0 Å². The van der Waals surface area contributed by atoms with Crippen molar-refractivity contribution in [3.63, 3.8) is 0 Å². The van der Waals surface area contributed by atoms with Gasteiger partial charge in [0.15, 0.2) is 0 Å². The molecule has 45 heavy (non-hydrogen) atoms. The Morgan fingerprint density at radius 3 is 1.60 bits per heavy atom. The second-order valence-electron chi connectivity index (χ2n) is 13.5. The standard InChI is InChI=1S/C42H32ClNS/c1-41(2)33-12-7-5-10-28(33)30-19-16-26(23-35(30)41)44(25-18-21-38-32(22-25)40-37(43)14-9-15-39(40)45-38)27-17-20-31-29-11-6-8-13-34(29)42(3,4)36(31)24-27/h5-24H,1-4H3. The zero-order chi connectivity index (χ0) is 30.7. The van der Waals surface area contributed by atoms with Crippen LogP contribution in [0.1, 0.15) is 49.9 Å². The van der Waals surface area contributed by atoms with E-state index in [0.29, 0.717) is 0 Å². The Labute approximate surface area is 273 Å². The van der Waals surface area contributed by atoms with Crippen LogP contribution in [0.2, 0.25) is 5.02 Å². The summed E-state index contributed by atoms with van der Waals surface area (Å²) in [6.45, 7) is 9.41. The molecule has 0 fully saturated rings. The number of thiophene rings is 1. The molecule has 7 aromatic rings. The summed E-state index contributed by atoms with van der Waals surface area (Å²) in [7, 11) is 0. The number of anilines is 3. The van der Waals surface area contributed by atoms with Crippen molar-refractivity contribution in [3.05, 3.63) is 149 Å². The molecule has 0 radical (unpaired) electrons. The molecule has 0 saturated heterocycles. The van der Waals surface area contributed by atoms with Gasteiger partial charge < -0.3 is 4.90 Å². The van der Waals surface area contributed by atoms with Crippen LogP contribution in [0.25, 0.3) is 42.4 Å². The minimum absolute atomic E-state index is 0.0871. The van der Waals surface area contributed by atoms with E-state index in [1.54, 1.807) is 11.3 Å². The van der Waals surface area contributed by atoms with E-state index in [-0.39, 0.29) is 10.8 Å². The summed E-state index contributed by atoms with van der Waals surface area (Å²) in [5.41, 5.74) is 14.1. The highest BCUT2D eigenvalue weighted by Gasteiger charge is 2.37. The Morgan fingerprint density at radius 1 is 0.489 bits per heavy atom. The smallest absolute Gasteiger partial charge is 0.0499 e. The molecular formula is C42H32ClNS. The Bertz CT molecular complexity index is 2250. The lowest BCUT2D eigenvalue weighted by molar-refractivity contribution is 0.660. The van der Waals surface area contributed by atoms with Crippen molar-refractivity contribution in [3.8, 4) is 22.3 Å². The number of halogens is 1. The maximum atomic E-state index is 6.82. The third-order valence-corrected chi connectivity index (χ3v) is 11.8. The van der Waals surface area contributed by atoms with Gasteiger partial charge in [-0.1, -0.05) is 106 Å². The maximum Gasteiger partial charge on any atom is 0.0499 e. The zero-order valence-corrected chi connectivity index (χ0v) is 27.4. The van der Waals surface area contributed by atoms with Gasteiger partial charge in [-0.15, -0.1) is 11.3 Å². The molecule has 6 aromatic carbocycles. The van der Waals surface area contributed by atoms with Crippen LogP contribution in [0, 0.1) is 0 Å². The van der Waals surface area contributed by atoms with Crippen LogP contribution >= 0.6 is 22.9 Å².